The standard InChI is InChI=1S/C19H22O6/c1-9-6-14(24-17(9)21)23-8-12-10-7-11-13(20)4-5-19(2,3)15(11)16(10)25-18(12)22/h6,8,10,13-14,16,20H,4-5,7H2,1-3H3/b12-8+/t10-,13+,14+,16+/m1/s1. The van der Waals surface area contributed by atoms with E-state index in [1.54, 1.807) is 13.0 Å². The Hall–Kier alpha value is -2.08. The summed E-state index contributed by atoms with van der Waals surface area (Å²) in [5, 5.41) is 10.4. The molecule has 1 fully saturated rings. The van der Waals surface area contributed by atoms with Crippen LogP contribution >= 0.6 is 0 Å². The highest BCUT2D eigenvalue weighted by atomic mass is 16.7. The molecule has 4 aliphatic rings. The second-order valence-electron chi connectivity index (χ2n) is 7.85. The Labute approximate surface area is 146 Å². The number of cyclic esters (lactones) is 1. The van der Waals surface area contributed by atoms with Crippen LogP contribution < -0.4 is 0 Å². The highest BCUT2D eigenvalue weighted by Crippen LogP contribution is 2.54. The second-order valence-corrected chi connectivity index (χ2v) is 7.85. The van der Waals surface area contributed by atoms with Gasteiger partial charge in [0.05, 0.1) is 17.9 Å². The van der Waals surface area contributed by atoms with Crippen LogP contribution in [-0.4, -0.2) is 35.5 Å². The molecule has 0 aromatic rings. The molecule has 6 nitrogen and oxygen atoms in total. The van der Waals surface area contributed by atoms with Gasteiger partial charge in [0, 0.05) is 17.6 Å². The van der Waals surface area contributed by atoms with Crippen LogP contribution in [0.4, 0.5) is 0 Å². The minimum absolute atomic E-state index is 0.0919. The number of hydrogen-bond acceptors (Lipinski definition) is 6. The molecular formula is C19H22O6. The van der Waals surface area contributed by atoms with E-state index in [1.165, 1.54) is 6.26 Å². The van der Waals surface area contributed by atoms with Crippen LogP contribution in [0, 0.1) is 11.3 Å². The first-order valence-corrected chi connectivity index (χ1v) is 8.65. The van der Waals surface area contributed by atoms with Crippen LogP contribution in [0.25, 0.3) is 0 Å². The maximum atomic E-state index is 12.3. The molecule has 4 rings (SSSR count). The van der Waals surface area contributed by atoms with E-state index < -0.39 is 24.3 Å². The van der Waals surface area contributed by atoms with Gasteiger partial charge in [-0.15, -0.1) is 0 Å². The molecule has 0 bridgehead atoms. The average Bonchev–Trinajstić information content (AvgIpc) is 3.15. The molecule has 4 atom stereocenters. The van der Waals surface area contributed by atoms with E-state index in [0.717, 1.165) is 24.0 Å². The van der Waals surface area contributed by atoms with Crippen molar-refractivity contribution in [1.29, 1.82) is 0 Å². The number of carbonyl (C=O) groups excluding carboxylic acids is 2. The largest absolute Gasteiger partial charge is 0.458 e. The topological polar surface area (TPSA) is 82.1 Å². The molecule has 0 unspecified atom stereocenters. The Morgan fingerprint density at radius 1 is 1.28 bits per heavy atom. The lowest BCUT2D eigenvalue weighted by molar-refractivity contribution is -0.152. The zero-order valence-electron chi connectivity index (χ0n) is 14.6. The first-order valence-electron chi connectivity index (χ1n) is 8.65. The molecule has 134 valence electrons. The fourth-order valence-corrected chi connectivity index (χ4v) is 4.38. The van der Waals surface area contributed by atoms with Gasteiger partial charge in [0.15, 0.2) is 0 Å². The molecule has 0 aromatic carbocycles. The molecule has 0 saturated carbocycles. The van der Waals surface area contributed by atoms with Crippen LogP contribution in [0.15, 0.2) is 34.6 Å². The Morgan fingerprint density at radius 2 is 2.04 bits per heavy atom. The summed E-state index contributed by atoms with van der Waals surface area (Å²) in [6, 6.07) is 0. The number of fused-ring (bicyclic) bond motifs is 2. The van der Waals surface area contributed by atoms with E-state index in [4.69, 9.17) is 14.2 Å². The van der Waals surface area contributed by atoms with Gasteiger partial charge in [-0.2, -0.15) is 0 Å². The van der Waals surface area contributed by atoms with Crippen LogP contribution in [0.1, 0.15) is 40.0 Å². The molecule has 25 heavy (non-hydrogen) atoms. The number of rotatable bonds is 2. The van der Waals surface area contributed by atoms with E-state index in [0.29, 0.717) is 17.6 Å². The van der Waals surface area contributed by atoms with Gasteiger partial charge < -0.3 is 19.3 Å². The third-order valence-corrected chi connectivity index (χ3v) is 5.74. The first kappa shape index (κ1) is 16.4. The summed E-state index contributed by atoms with van der Waals surface area (Å²) >= 11 is 0. The van der Waals surface area contributed by atoms with Gasteiger partial charge >= 0.3 is 11.9 Å². The highest BCUT2D eigenvalue weighted by Gasteiger charge is 2.53. The molecule has 2 heterocycles. The van der Waals surface area contributed by atoms with Crippen molar-refractivity contribution in [1.82, 2.24) is 0 Å². The summed E-state index contributed by atoms with van der Waals surface area (Å²) in [7, 11) is 0. The quantitative estimate of drug-likeness (QED) is 0.357. The van der Waals surface area contributed by atoms with Crippen molar-refractivity contribution >= 4 is 11.9 Å². The number of aliphatic hydroxyl groups excluding tert-OH is 1. The van der Waals surface area contributed by atoms with E-state index in [1.807, 2.05) is 0 Å². The van der Waals surface area contributed by atoms with Crippen molar-refractivity contribution in [3.05, 3.63) is 34.6 Å². The lowest BCUT2D eigenvalue weighted by atomic mass is 9.71. The predicted molar refractivity (Wildman–Crippen MR) is 86.8 cm³/mol. The van der Waals surface area contributed by atoms with Gasteiger partial charge in [-0.05, 0) is 42.7 Å². The van der Waals surface area contributed by atoms with Gasteiger partial charge in [-0.25, -0.2) is 9.59 Å². The maximum absolute atomic E-state index is 12.3. The van der Waals surface area contributed by atoms with Crippen LogP contribution in [0.3, 0.4) is 0 Å². The Bertz CT molecular complexity index is 741. The van der Waals surface area contributed by atoms with Crippen molar-refractivity contribution in [2.45, 2.75) is 58.5 Å². The molecule has 0 radical (unpaired) electrons. The second kappa shape index (κ2) is 5.46. The van der Waals surface area contributed by atoms with Crippen molar-refractivity contribution < 1.29 is 28.9 Å². The van der Waals surface area contributed by atoms with Crippen LogP contribution in [-0.2, 0) is 23.8 Å². The minimum atomic E-state index is -0.808. The minimum Gasteiger partial charge on any atom is -0.458 e. The number of ether oxygens (including phenoxy) is 3. The third kappa shape index (κ3) is 2.51. The van der Waals surface area contributed by atoms with Gasteiger partial charge in [0.1, 0.15) is 6.10 Å². The van der Waals surface area contributed by atoms with Gasteiger partial charge in [-0.1, -0.05) is 13.8 Å². The molecule has 0 spiro atoms. The smallest absolute Gasteiger partial charge is 0.338 e. The molecule has 2 aliphatic heterocycles. The average molecular weight is 346 g/mol. The molecule has 0 aromatic heterocycles. The van der Waals surface area contributed by atoms with Crippen LogP contribution in [0.2, 0.25) is 0 Å². The lowest BCUT2D eigenvalue weighted by Crippen LogP contribution is -2.31. The Balaban J connectivity index is 1.57. The Kier molecular flexibility index (Phi) is 3.58. The maximum Gasteiger partial charge on any atom is 0.338 e. The van der Waals surface area contributed by atoms with E-state index in [-0.39, 0.29) is 17.4 Å². The summed E-state index contributed by atoms with van der Waals surface area (Å²) < 4.78 is 16.1. The summed E-state index contributed by atoms with van der Waals surface area (Å²) in [6.07, 6.45) is 3.53. The summed E-state index contributed by atoms with van der Waals surface area (Å²) in [4.78, 5) is 23.7. The van der Waals surface area contributed by atoms with Gasteiger partial charge in [0.2, 0.25) is 0 Å². The first-order chi connectivity index (χ1) is 11.8. The van der Waals surface area contributed by atoms with Crippen molar-refractivity contribution in [2.75, 3.05) is 0 Å². The number of carbonyl (C=O) groups is 2. The van der Waals surface area contributed by atoms with E-state index in [9.17, 15) is 14.7 Å². The zero-order valence-corrected chi connectivity index (χ0v) is 14.6. The van der Waals surface area contributed by atoms with Crippen molar-refractivity contribution in [3.8, 4) is 0 Å². The molecule has 0 amide bonds. The van der Waals surface area contributed by atoms with Crippen molar-refractivity contribution in [3.63, 3.8) is 0 Å². The van der Waals surface area contributed by atoms with Gasteiger partial charge in [-0.3, -0.25) is 0 Å². The SMILES string of the molecule is CC1=C[C@@H](O/C=C2/C(=O)O[C@@H]3C4=C(C[C@H]23)[C@@H](O)CCC4(C)C)OC1=O. The summed E-state index contributed by atoms with van der Waals surface area (Å²) in [5.41, 5.74) is 2.91. The fourth-order valence-electron chi connectivity index (χ4n) is 4.38. The molecule has 1 N–H and O–H groups in total. The molecule has 1 saturated heterocycles. The Morgan fingerprint density at radius 3 is 2.72 bits per heavy atom. The summed E-state index contributed by atoms with van der Waals surface area (Å²) in [6.45, 7) is 5.92. The summed E-state index contributed by atoms with van der Waals surface area (Å²) in [5.74, 6) is -0.965. The van der Waals surface area contributed by atoms with E-state index >= 15 is 0 Å². The lowest BCUT2D eigenvalue weighted by Gasteiger charge is -2.36. The number of aliphatic hydroxyl groups is 1. The molecular weight excluding hydrogens is 324 g/mol. The monoisotopic (exact) mass is 346 g/mol. The third-order valence-electron chi connectivity index (χ3n) is 5.74. The van der Waals surface area contributed by atoms with Crippen LogP contribution in [0.5, 0.6) is 0 Å². The predicted octanol–water partition coefficient (Wildman–Crippen LogP) is 2.14. The molecule has 2 aliphatic carbocycles. The van der Waals surface area contributed by atoms with Crippen molar-refractivity contribution in [2.24, 2.45) is 11.3 Å². The number of hydrogen-bond donors (Lipinski definition) is 1. The zero-order chi connectivity index (χ0) is 17.9. The van der Waals surface area contributed by atoms with E-state index in [2.05, 4.69) is 13.8 Å². The number of esters is 2. The normalized spacial score (nSPS) is 37.6. The highest BCUT2D eigenvalue weighted by molar-refractivity contribution is 5.92. The van der Waals surface area contributed by atoms with Gasteiger partial charge in [0.25, 0.3) is 6.29 Å². The fraction of sp³-hybridized carbons (Fsp3) is 0.579. The molecule has 6 heteroatoms.